The summed E-state index contributed by atoms with van der Waals surface area (Å²) in [5.41, 5.74) is 4.73. The van der Waals surface area contributed by atoms with E-state index in [0.717, 1.165) is 36.6 Å². The van der Waals surface area contributed by atoms with Gasteiger partial charge >= 0.3 is 0 Å². The zero-order chi connectivity index (χ0) is 32.7. The normalized spacial score (nSPS) is 12.1. The molecular weight excluding hydrogens is 650 g/mol. The number of benzene rings is 4. The maximum atomic E-state index is 14.6. The van der Waals surface area contributed by atoms with Crippen LogP contribution in [0.1, 0.15) is 41.7 Å². The molecule has 1 N–H and O–H groups in total. The zero-order valence-corrected chi connectivity index (χ0v) is 28.7. The molecular formula is C36H40BrN3O4S. The minimum Gasteiger partial charge on any atom is -0.352 e. The van der Waals surface area contributed by atoms with Crippen LogP contribution in [0.25, 0.3) is 0 Å². The summed E-state index contributed by atoms with van der Waals surface area (Å²) in [5.74, 6) is -0.800. The molecule has 0 bridgehead atoms. The summed E-state index contributed by atoms with van der Waals surface area (Å²) in [5, 5.41) is 2.98. The molecule has 45 heavy (non-hydrogen) atoms. The Labute approximate surface area is 275 Å². The van der Waals surface area contributed by atoms with Crippen molar-refractivity contribution in [1.82, 2.24) is 10.2 Å². The van der Waals surface area contributed by atoms with Crippen molar-refractivity contribution in [2.24, 2.45) is 0 Å². The van der Waals surface area contributed by atoms with Gasteiger partial charge in [-0.25, -0.2) is 8.42 Å². The fraction of sp³-hybridized carbons (Fsp3) is 0.278. The monoisotopic (exact) mass is 689 g/mol. The van der Waals surface area contributed by atoms with E-state index < -0.39 is 28.5 Å². The van der Waals surface area contributed by atoms with Gasteiger partial charge in [0.2, 0.25) is 11.8 Å². The third-order valence-corrected chi connectivity index (χ3v) is 9.67. The lowest BCUT2D eigenvalue weighted by molar-refractivity contribution is -0.140. The van der Waals surface area contributed by atoms with Crippen LogP contribution in [0.2, 0.25) is 0 Å². The number of carbonyl (C=O) groups is 2. The molecule has 9 heteroatoms. The third-order valence-electron chi connectivity index (χ3n) is 7.35. The Morgan fingerprint density at radius 2 is 1.38 bits per heavy atom. The van der Waals surface area contributed by atoms with Crippen molar-refractivity contribution in [3.63, 3.8) is 0 Å². The van der Waals surface area contributed by atoms with Gasteiger partial charge in [0.1, 0.15) is 12.6 Å². The molecule has 0 saturated heterocycles. The van der Waals surface area contributed by atoms with Crippen LogP contribution in [-0.2, 0) is 32.6 Å². The van der Waals surface area contributed by atoms with Gasteiger partial charge in [0.15, 0.2) is 0 Å². The van der Waals surface area contributed by atoms with Gasteiger partial charge in [-0.05, 0) is 93.3 Å². The van der Waals surface area contributed by atoms with Crippen molar-refractivity contribution < 1.29 is 18.0 Å². The lowest BCUT2D eigenvalue weighted by Crippen LogP contribution is -2.54. The summed E-state index contributed by atoms with van der Waals surface area (Å²) in [6.45, 7) is 9.03. The molecule has 7 nitrogen and oxygen atoms in total. The Morgan fingerprint density at radius 1 is 0.778 bits per heavy atom. The molecule has 4 rings (SSSR count). The molecule has 0 radical (unpaired) electrons. The van der Waals surface area contributed by atoms with Gasteiger partial charge in [0, 0.05) is 23.5 Å². The number of sulfonamides is 1. The van der Waals surface area contributed by atoms with Crippen molar-refractivity contribution in [2.45, 2.75) is 64.6 Å². The zero-order valence-electron chi connectivity index (χ0n) is 26.3. The molecule has 0 heterocycles. The van der Waals surface area contributed by atoms with Crippen molar-refractivity contribution in [3.05, 3.63) is 129 Å². The predicted molar refractivity (Wildman–Crippen MR) is 184 cm³/mol. The number of aryl methyl sites for hydroxylation is 3. The Hall–Kier alpha value is -3.95. The number of nitrogens with zero attached hydrogens (tertiary/aromatic N) is 2. The first kappa shape index (κ1) is 33.9. The van der Waals surface area contributed by atoms with E-state index in [4.69, 9.17) is 0 Å². The molecule has 1 atom stereocenters. The summed E-state index contributed by atoms with van der Waals surface area (Å²) in [4.78, 5) is 29.9. The van der Waals surface area contributed by atoms with Crippen molar-refractivity contribution >= 4 is 43.5 Å². The minimum absolute atomic E-state index is 0.0814. The van der Waals surface area contributed by atoms with Gasteiger partial charge < -0.3 is 10.2 Å². The Kier molecular flexibility index (Phi) is 11.2. The molecule has 0 aliphatic carbocycles. The lowest BCUT2D eigenvalue weighted by Gasteiger charge is -2.34. The molecule has 0 aliphatic rings. The van der Waals surface area contributed by atoms with Crippen LogP contribution in [0.4, 0.5) is 5.69 Å². The van der Waals surface area contributed by atoms with Crippen LogP contribution in [0.15, 0.2) is 106 Å². The molecule has 0 aliphatic heterocycles. The van der Waals surface area contributed by atoms with Crippen LogP contribution in [-0.4, -0.2) is 43.8 Å². The predicted octanol–water partition coefficient (Wildman–Crippen LogP) is 6.73. The molecule has 0 spiro atoms. The smallest absolute Gasteiger partial charge is 0.264 e. The average Bonchev–Trinajstić information content (AvgIpc) is 2.98. The molecule has 2 amide bonds. The summed E-state index contributed by atoms with van der Waals surface area (Å²) >= 11 is 3.46. The average molecular weight is 691 g/mol. The number of hydrogen-bond acceptors (Lipinski definition) is 4. The molecule has 0 fully saturated rings. The fourth-order valence-corrected chi connectivity index (χ4v) is 6.84. The van der Waals surface area contributed by atoms with Gasteiger partial charge in [-0.1, -0.05) is 82.2 Å². The fourth-order valence-electron chi connectivity index (χ4n) is 5.18. The maximum Gasteiger partial charge on any atom is 0.264 e. The molecule has 0 unspecified atom stereocenters. The van der Waals surface area contributed by atoms with Crippen LogP contribution < -0.4 is 9.62 Å². The Bertz CT molecular complexity index is 1700. The first-order chi connectivity index (χ1) is 21.3. The SMILES string of the molecule is Cc1ccc(S(=O)(=O)N(CC(=O)N(Cc2ccc(Br)cc2)[C@@H](Cc2ccccc2)C(=O)NC(C)C)c2cc(C)cc(C)c2)cc1. The molecule has 4 aromatic carbocycles. The highest BCUT2D eigenvalue weighted by Gasteiger charge is 2.35. The van der Waals surface area contributed by atoms with E-state index >= 15 is 0 Å². The largest absolute Gasteiger partial charge is 0.352 e. The summed E-state index contributed by atoms with van der Waals surface area (Å²) in [7, 11) is -4.16. The van der Waals surface area contributed by atoms with Crippen LogP contribution in [0, 0.1) is 20.8 Å². The first-order valence-electron chi connectivity index (χ1n) is 14.9. The Balaban J connectivity index is 1.82. The maximum absolute atomic E-state index is 14.6. The highest BCUT2D eigenvalue weighted by molar-refractivity contribution is 9.10. The molecule has 236 valence electrons. The standard InChI is InChI=1S/C36H40BrN3O4S/c1-25(2)38-36(42)34(22-29-9-7-6-8-10-29)39(23-30-13-15-31(37)16-14-30)35(41)24-40(32-20-27(4)19-28(5)21-32)45(43,44)33-17-11-26(3)12-18-33/h6-21,25,34H,22-24H2,1-5H3,(H,38,42)/t34-/m0/s1. The highest BCUT2D eigenvalue weighted by Crippen LogP contribution is 2.27. The van der Waals surface area contributed by atoms with Gasteiger partial charge in [-0.2, -0.15) is 0 Å². The van der Waals surface area contributed by atoms with Crippen LogP contribution in [0.5, 0.6) is 0 Å². The van der Waals surface area contributed by atoms with E-state index in [0.29, 0.717) is 5.69 Å². The Morgan fingerprint density at radius 3 is 1.96 bits per heavy atom. The number of hydrogen-bond donors (Lipinski definition) is 1. The van der Waals surface area contributed by atoms with Crippen LogP contribution in [0.3, 0.4) is 0 Å². The van der Waals surface area contributed by atoms with Gasteiger partial charge in [0.05, 0.1) is 10.6 Å². The molecule has 0 aromatic heterocycles. The number of halogens is 1. The number of rotatable bonds is 12. The van der Waals surface area contributed by atoms with E-state index in [1.54, 1.807) is 36.4 Å². The topological polar surface area (TPSA) is 86.8 Å². The number of nitrogens with one attached hydrogen (secondary N) is 1. The number of anilines is 1. The summed E-state index contributed by atoms with van der Waals surface area (Å²) in [6.07, 6.45) is 0.260. The quantitative estimate of drug-likeness (QED) is 0.179. The first-order valence-corrected chi connectivity index (χ1v) is 17.1. The van der Waals surface area contributed by atoms with Gasteiger partial charge in [-0.3, -0.25) is 13.9 Å². The van der Waals surface area contributed by atoms with E-state index in [2.05, 4.69) is 21.2 Å². The third kappa shape index (κ3) is 9.05. The second-order valence-electron chi connectivity index (χ2n) is 11.7. The van der Waals surface area contributed by atoms with Gasteiger partial charge in [-0.15, -0.1) is 0 Å². The van der Waals surface area contributed by atoms with E-state index in [1.165, 1.54) is 4.90 Å². The molecule has 4 aromatic rings. The van der Waals surface area contributed by atoms with Crippen molar-refractivity contribution in [1.29, 1.82) is 0 Å². The lowest BCUT2D eigenvalue weighted by atomic mass is 10.0. The van der Waals surface area contributed by atoms with Crippen molar-refractivity contribution in [3.8, 4) is 0 Å². The van der Waals surface area contributed by atoms with Crippen molar-refractivity contribution in [2.75, 3.05) is 10.8 Å². The van der Waals surface area contributed by atoms with Gasteiger partial charge in [0.25, 0.3) is 10.0 Å². The van der Waals surface area contributed by atoms with E-state index in [9.17, 15) is 18.0 Å². The second kappa shape index (κ2) is 14.9. The van der Waals surface area contributed by atoms with E-state index in [-0.39, 0.29) is 29.8 Å². The summed E-state index contributed by atoms with van der Waals surface area (Å²) in [6, 6.07) is 28.0. The van der Waals surface area contributed by atoms with Crippen LogP contribution >= 0.6 is 15.9 Å². The van der Waals surface area contributed by atoms with E-state index in [1.807, 2.05) is 95.3 Å². The summed E-state index contributed by atoms with van der Waals surface area (Å²) < 4.78 is 30.5. The highest BCUT2D eigenvalue weighted by atomic mass is 79.9. The second-order valence-corrected chi connectivity index (χ2v) is 14.5. The molecule has 0 saturated carbocycles. The number of carbonyl (C=O) groups excluding carboxylic acids is 2. The minimum atomic E-state index is -4.16. The number of amides is 2.